The molecule has 0 atom stereocenters. The van der Waals surface area contributed by atoms with Crippen LogP contribution in [0.2, 0.25) is 0 Å². The summed E-state index contributed by atoms with van der Waals surface area (Å²) in [5.41, 5.74) is 0. The molecular formula is C7H10O4. The highest BCUT2D eigenvalue weighted by Gasteiger charge is 2.12. The summed E-state index contributed by atoms with van der Waals surface area (Å²) in [6.45, 7) is 1.67. The van der Waals surface area contributed by atoms with E-state index in [4.69, 9.17) is 5.11 Å². The van der Waals surface area contributed by atoms with E-state index in [-0.39, 0.29) is 18.6 Å². The van der Waals surface area contributed by atoms with Gasteiger partial charge in [0.2, 0.25) is 5.78 Å². The Morgan fingerprint density at radius 1 is 1.18 bits per heavy atom. The number of ketones is 2. The Balaban J connectivity index is 3.63. The van der Waals surface area contributed by atoms with Crippen LogP contribution in [0.25, 0.3) is 0 Å². The van der Waals surface area contributed by atoms with Crippen LogP contribution in [-0.2, 0) is 14.4 Å². The molecule has 0 aliphatic heterocycles. The lowest BCUT2D eigenvalue weighted by Gasteiger charge is -1.92. The zero-order valence-electron chi connectivity index (χ0n) is 6.29. The van der Waals surface area contributed by atoms with E-state index in [2.05, 4.69) is 0 Å². The summed E-state index contributed by atoms with van der Waals surface area (Å²) in [5, 5.41) is 8.11. The van der Waals surface area contributed by atoms with Crippen molar-refractivity contribution in [2.75, 3.05) is 0 Å². The molecule has 0 aliphatic carbocycles. The number of carboxylic acid groups (broad SMARTS) is 1. The molecule has 0 saturated heterocycles. The molecule has 0 heterocycles. The van der Waals surface area contributed by atoms with Crippen molar-refractivity contribution >= 4 is 17.5 Å². The number of carboxylic acids is 1. The molecule has 0 bridgehead atoms. The third-order valence-electron chi connectivity index (χ3n) is 1.26. The molecule has 1 N–H and O–H groups in total. The van der Waals surface area contributed by atoms with E-state index in [0.29, 0.717) is 6.42 Å². The SMILES string of the molecule is CCC(=O)CCC(=O)C(=O)O. The van der Waals surface area contributed by atoms with Crippen molar-refractivity contribution in [2.24, 2.45) is 0 Å². The molecule has 0 amide bonds. The first-order valence-electron chi connectivity index (χ1n) is 3.35. The van der Waals surface area contributed by atoms with E-state index < -0.39 is 11.8 Å². The lowest BCUT2D eigenvalue weighted by atomic mass is 10.1. The van der Waals surface area contributed by atoms with Gasteiger partial charge in [-0.15, -0.1) is 0 Å². The predicted molar refractivity (Wildman–Crippen MR) is 37.2 cm³/mol. The van der Waals surface area contributed by atoms with Crippen molar-refractivity contribution in [3.05, 3.63) is 0 Å². The number of Topliss-reactive ketones (excluding diaryl/α,β-unsaturated/α-hetero) is 2. The highest BCUT2D eigenvalue weighted by molar-refractivity contribution is 6.32. The molecule has 0 fully saturated rings. The number of carbonyl (C=O) groups is 3. The summed E-state index contributed by atoms with van der Waals surface area (Å²) < 4.78 is 0. The second-order valence-electron chi connectivity index (χ2n) is 2.12. The van der Waals surface area contributed by atoms with Gasteiger partial charge in [-0.1, -0.05) is 6.92 Å². The Hall–Kier alpha value is -1.19. The minimum atomic E-state index is -1.46. The van der Waals surface area contributed by atoms with Crippen LogP contribution < -0.4 is 0 Å². The smallest absolute Gasteiger partial charge is 0.372 e. The predicted octanol–water partition coefficient (Wildman–Crippen LogP) is 0.399. The molecule has 0 spiro atoms. The molecule has 0 radical (unpaired) electrons. The van der Waals surface area contributed by atoms with Crippen molar-refractivity contribution in [1.29, 1.82) is 0 Å². The molecule has 4 nitrogen and oxygen atoms in total. The van der Waals surface area contributed by atoms with Crippen LogP contribution in [0, 0.1) is 0 Å². The van der Waals surface area contributed by atoms with Gasteiger partial charge in [-0.3, -0.25) is 9.59 Å². The van der Waals surface area contributed by atoms with Crippen LogP contribution in [-0.4, -0.2) is 22.6 Å². The van der Waals surface area contributed by atoms with Gasteiger partial charge < -0.3 is 5.11 Å². The minimum Gasteiger partial charge on any atom is -0.476 e. The first kappa shape index (κ1) is 9.81. The fourth-order valence-electron chi connectivity index (χ4n) is 0.537. The topological polar surface area (TPSA) is 71.4 Å². The molecule has 0 aromatic carbocycles. The zero-order valence-corrected chi connectivity index (χ0v) is 6.29. The molecule has 4 heteroatoms. The van der Waals surface area contributed by atoms with Crippen molar-refractivity contribution in [1.82, 2.24) is 0 Å². The van der Waals surface area contributed by atoms with Crippen LogP contribution in [0.15, 0.2) is 0 Å². The summed E-state index contributed by atoms with van der Waals surface area (Å²) in [4.78, 5) is 30.9. The number of rotatable bonds is 5. The largest absolute Gasteiger partial charge is 0.476 e. The van der Waals surface area contributed by atoms with Gasteiger partial charge in [0.05, 0.1) is 0 Å². The summed E-state index contributed by atoms with van der Waals surface area (Å²) in [6, 6.07) is 0. The van der Waals surface area contributed by atoms with E-state index >= 15 is 0 Å². The maximum Gasteiger partial charge on any atom is 0.372 e. The fourth-order valence-corrected chi connectivity index (χ4v) is 0.537. The number of carbonyl (C=O) groups excluding carboxylic acids is 2. The Kier molecular flexibility index (Phi) is 4.10. The monoisotopic (exact) mass is 158 g/mol. The number of aliphatic carboxylic acids is 1. The van der Waals surface area contributed by atoms with Crippen LogP contribution in [0.1, 0.15) is 26.2 Å². The molecule has 0 aliphatic rings. The second kappa shape index (κ2) is 4.60. The van der Waals surface area contributed by atoms with Gasteiger partial charge in [0, 0.05) is 19.3 Å². The Labute approximate surface area is 64.2 Å². The zero-order chi connectivity index (χ0) is 8.85. The summed E-state index contributed by atoms with van der Waals surface area (Å²) in [6.07, 6.45) is 0.219. The van der Waals surface area contributed by atoms with Crippen molar-refractivity contribution in [2.45, 2.75) is 26.2 Å². The van der Waals surface area contributed by atoms with Gasteiger partial charge in [0.1, 0.15) is 5.78 Å². The lowest BCUT2D eigenvalue weighted by Crippen LogP contribution is -2.13. The van der Waals surface area contributed by atoms with Gasteiger partial charge in [0.15, 0.2) is 0 Å². The summed E-state index contributed by atoms with van der Waals surface area (Å²) in [7, 11) is 0. The quantitative estimate of drug-likeness (QED) is 0.588. The highest BCUT2D eigenvalue weighted by atomic mass is 16.4. The average Bonchev–Trinajstić information content (AvgIpc) is 1.99. The van der Waals surface area contributed by atoms with Gasteiger partial charge in [-0.25, -0.2) is 4.79 Å². The molecule has 11 heavy (non-hydrogen) atoms. The van der Waals surface area contributed by atoms with Crippen LogP contribution >= 0.6 is 0 Å². The normalized spacial score (nSPS) is 9.18. The van der Waals surface area contributed by atoms with Gasteiger partial charge >= 0.3 is 5.97 Å². The van der Waals surface area contributed by atoms with Gasteiger partial charge in [-0.2, -0.15) is 0 Å². The Bertz CT molecular complexity index is 183. The molecule has 0 aromatic rings. The maximum atomic E-state index is 10.6. The van der Waals surface area contributed by atoms with E-state index in [1.807, 2.05) is 0 Å². The second-order valence-corrected chi connectivity index (χ2v) is 2.12. The van der Waals surface area contributed by atoms with E-state index in [0.717, 1.165) is 0 Å². The van der Waals surface area contributed by atoms with E-state index in [9.17, 15) is 14.4 Å². The van der Waals surface area contributed by atoms with Crippen LogP contribution in [0.3, 0.4) is 0 Å². The Morgan fingerprint density at radius 3 is 2.09 bits per heavy atom. The minimum absolute atomic E-state index is 0.0433. The third-order valence-corrected chi connectivity index (χ3v) is 1.26. The van der Waals surface area contributed by atoms with Gasteiger partial charge in [0.25, 0.3) is 0 Å². The molecule has 0 unspecified atom stereocenters. The standard InChI is InChI=1S/C7H10O4/c1-2-5(8)3-4-6(9)7(10)11/h2-4H2,1H3,(H,10,11). The van der Waals surface area contributed by atoms with Crippen molar-refractivity contribution in [3.63, 3.8) is 0 Å². The highest BCUT2D eigenvalue weighted by Crippen LogP contribution is 1.95. The van der Waals surface area contributed by atoms with E-state index in [1.54, 1.807) is 6.92 Å². The number of hydrogen-bond acceptors (Lipinski definition) is 3. The first-order chi connectivity index (χ1) is 5.07. The van der Waals surface area contributed by atoms with E-state index in [1.165, 1.54) is 0 Å². The molecule has 62 valence electrons. The third kappa shape index (κ3) is 4.25. The van der Waals surface area contributed by atoms with Crippen molar-refractivity contribution in [3.8, 4) is 0 Å². The van der Waals surface area contributed by atoms with Crippen LogP contribution in [0.4, 0.5) is 0 Å². The fraction of sp³-hybridized carbons (Fsp3) is 0.571. The number of hydrogen-bond donors (Lipinski definition) is 1. The van der Waals surface area contributed by atoms with Gasteiger partial charge in [-0.05, 0) is 0 Å². The van der Waals surface area contributed by atoms with Crippen LogP contribution in [0.5, 0.6) is 0 Å². The average molecular weight is 158 g/mol. The van der Waals surface area contributed by atoms with Crippen molar-refractivity contribution < 1.29 is 19.5 Å². The summed E-state index contributed by atoms with van der Waals surface area (Å²) >= 11 is 0. The molecule has 0 saturated carbocycles. The molecular weight excluding hydrogens is 148 g/mol. The lowest BCUT2D eigenvalue weighted by molar-refractivity contribution is -0.149. The molecule has 0 aromatic heterocycles. The Morgan fingerprint density at radius 2 is 1.73 bits per heavy atom. The maximum absolute atomic E-state index is 10.6. The first-order valence-corrected chi connectivity index (χ1v) is 3.35. The molecule has 0 rings (SSSR count). The summed E-state index contributed by atoms with van der Waals surface area (Å²) in [5.74, 6) is -2.44.